The normalized spacial score (nSPS) is 43.0. The number of aliphatic hydroxyl groups is 2. The summed E-state index contributed by atoms with van der Waals surface area (Å²) in [5.41, 5.74) is -0.319. The summed E-state index contributed by atoms with van der Waals surface area (Å²) in [6.07, 6.45) is -7.93. The minimum Gasteiger partial charge on any atom is -0.481 e. The van der Waals surface area contributed by atoms with E-state index in [9.17, 15) is 50.8 Å². The van der Waals surface area contributed by atoms with Crippen LogP contribution in [-0.4, -0.2) is 103 Å². The molecule has 18 heteroatoms. The molecule has 274 valence electrons. The molecular formula is C30H46O16S2. The van der Waals surface area contributed by atoms with E-state index >= 15 is 0 Å². The van der Waals surface area contributed by atoms with Crippen LogP contribution in [0.15, 0.2) is 12.2 Å². The predicted molar refractivity (Wildman–Crippen MR) is 162 cm³/mol. The zero-order valence-corrected chi connectivity index (χ0v) is 28.7. The molecule has 1 saturated heterocycles. The molecule has 4 aliphatic carbocycles. The molecule has 0 radical (unpaired) electrons. The van der Waals surface area contributed by atoms with Crippen molar-refractivity contribution in [3.8, 4) is 0 Å². The summed E-state index contributed by atoms with van der Waals surface area (Å²) in [4.78, 5) is 25.7. The first-order valence-electron chi connectivity index (χ1n) is 16.2. The number of rotatable bonds is 11. The molecule has 0 unspecified atom stereocenters. The Morgan fingerprint density at radius 2 is 1.67 bits per heavy atom. The molecular weight excluding hydrogens is 680 g/mol. The molecule has 1 aliphatic heterocycles. The highest BCUT2D eigenvalue weighted by Gasteiger charge is 2.67. The third-order valence-electron chi connectivity index (χ3n) is 11.5. The van der Waals surface area contributed by atoms with Gasteiger partial charge < -0.3 is 29.5 Å². The molecule has 4 saturated carbocycles. The van der Waals surface area contributed by atoms with Gasteiger partial charge in [-0.2, -0.15) is 16.8 Å². The van der Waals surface area contributed by atoms with Crippen molar-refractivity contribution in [2.45, 2.75) is 115 Å². The van der Waals surface area contributed by atoms with Crippen LogP contribution in [0.4, 0.5) is 0 Å². The fourth-order valence-corrected chi connectivity index (χ4v) is 10.8. The quantitative estimate of drug-likeness (QED) is 0.0879. The van der Waals surface area contributed by atoms with E-state index in [4.69, 9.17) is 18.4 Å². The number of hydrogen-bond acceptors (Lipinski definition) is 13. The predicted octanol–water partition coefficient (Wildman–Crippen LogP) is 1.67. The van der Waals surface area contributed by atoms with Gasteiger partial charge >= 0.3 is 32.7 Å². The number of carbonyl (C=O) groups is 2. The molecule has 13 atom stereocenters. The third-order valence-corrected chi connectivity index (χ3v) is 12.4. The molecule has 0 aromatic rings. The molecule has 2 bridgehead atoms. The SMILES string of the molecule is C=C1[C@H]2CC[C@H]3[C@]4(C)C[C@@H](O[C@H]5O[C@@H](CO)[C@H](OS(=O)(=O)O)[C@@H](OS(=O)(=O)O)[C@@H]5OC(=O)CC(C)C)C[C@H](C(=O)O)[C@@H]4CC[C@]3(C2)[C@@H]1O. The lowest BCUT2D eigenvalue weighted by molar-refractivity contribution is -0.316. The van der Waals surface area contributed by atoms with Gasteiger partial charge in [0.05, 0.1) is 24.7 Å². The Bertz CT molecular complexity index is 1480. The maximum atomic E-state index is 12.9. The van der Waals surface area contributed by atoms with Crippen LogP contribution >= 0.6 is 0 Å². The van der Waals surface area contributed by atoms with Gasteiger partial charge in [0, 0.05) is 11.8 Å². The summed E-state index contributed by atoms with van der Waals surface area (Å²) >= 11 is 0. The molecule has 5 fully saturated rings. The Labute approximate surface area is 280 Å². The van der Waals surface area contributed by atoms with Gasteiger partial charge in [-0.1, -0.05) is 27.4 Å². The molecule has 0 amide bonds. The lowest BCUT2D eigenvalue weighted by Gasteiger charge is -2.62. The number of esters is 1. The maximum Gasteiger partial charge on any atom is 0.397 e. The van der Waals surface area contributed by atoms with Gasteiger partial charge in [-0.15, -0.1) is 0 Å². The van der Waals surface area contributed by atoms with Crippen LogP contribution < -0.4 is 0 Å². The number of fused-ring (bicyclic) bond motifs is 3. The van der Waals surface area contributed by atoms with Crippen LogP contribution in [-0.2, 0) is 53.0 Å². The van der Waals surface area contributed by atoms with Gasteiger partial charge in [0.1, 0.15) is 12.2 Å². The summed E-state index contributed by atoms with van der Waals surface area (Å²) in [6, 6.07) is 0. The van der Waals surface area contributed by atoms with Crippen LogP contribution in [0, 0.1) is 40.4 Å². The van der Waals surface area contributed by atoms with Crippen LogP contribution in [0.5, 0.6) is 0 Å². The van der Waals surface area contributed by atoms with E-state index in [-0.39, 0.29) is 42.9 Å². The molecule has 5 N–H and O–H groups in total. The number of aliphatic hydroxyl groups excluding tert-OH is 2. The van der Waals surface area contributed by atoms with E-state index in [2.05, 4.69) is 10.8 Å². The summed E-state index contributed by atoms with van der Waals surface area (Å²) < 4.78 is 93.5. The fraction of sp³-hybridized carbons (Fsp3) is 0.867. The Balaban J connectivity index is 1.51. The number of carboxylic acid groups (broad SMARTS) is 1. The van der Waals surface area contributed by atoms with Crippen molar-refractivity contribution in [1.82, 2.24) is 0 Å². The Morgan fingerprint density at radius 3 is 2.25 bits per heavy atom. The second kappa shape index (κ2) is 13.4. The average molecular weight is 727 g/mol. The number of hydrogen-bond donors (Lipinski definition) is 5. The number of carbonyl (C=O) groups excluding carboxylic acids is 1. The van der Waals surface area contributed by atoms with Crippen LogP contribution in [0.2, 0.25) is 0 Å². The maximum absolute atomic E-state index is 12.9. The van der Waals surface area contributed by atoms with E-state index in [0.29, 0.717) is 12.8 Å². The Morgan fingerprint density at radius 1 is 1.02 bits per heavy atom. The molecule has 1 heterocycles. The molecule has 1 spiro atoms. The second-order valence-electron chi connectivity index (χ2n) is 14.8. The molecule has 5 rings (SSSR count). The van der Waals surface area contributed by atoms with Crippen LogP contribution in [0.3, 0.4) is 0 Å². The van der Waals surface area contributed by atoms with Gasteiger partial charge in [-0.3, -0.25) is 18.7 Å². The molecule has 5 aliphatic rings. The van der Waals surface area contributed by atoms with Crippen LogP contribution in [0.1, 0.15) is 72.1 Å². The fourth-order valence-electron chi connectivity index (χ4n) is 9.82. The third kappa shape index (κ3) is 7.20. The van der Waals surface area contributed by atoms with Gasteiger partial charge in [0.2, 0.25) is 0 Å². The van der Waals surface area contributed by atoms with Crippen molar-refractivity contribution < 1.29 is 73.4 Å². The van der Waals surface area contributed by atoms with Crippen molar-refractivity contribution in [3.63, 3.8) is 0 Å². The smallest absolute Gasteiger partial charge is 0.397 e. The summed E-state index contributed by atoms with van der Waals surface area (Å²) in [7, 11) is -10.8. The van der Waals surface area contributed by atoms with E-state index in [1.54, 1.807) is 13.8 Å². The summed E-state index contributed by atoms with van der Waals surface area (Å²) in [5, 5.41) is 32.0. The highest BCUT2D eigenvalue weighted by atomic mass is 32.3. The lowest BCUT2D eigenvalue weighted by atomic mass is 9.43. The summed E-state index contributed by atoms with van der Waals surface area (Å²) in [6.45, 7) is 8.52. The lowest BCUT2D eigenvalue weighted by Crippen LogP contribution is -2.64. The Kier molecular flexibility index (Phi) is 10.5. The number of aliphatic carboxylic acids is 1. The molecule has 48 heavy (non-hydrogen) atoms. The number of ether oxygens (including phenoxy) is 3. The van der Waals surface area contributed by atoms with Crippen molar-refractivity contribution in [1.29, 1.82) is 0 Å². The summed E-state index contributed by atoms with van der Waals surface area (Å²) in [5.74, 6) is -3.25. The first kappa shape index (κ1) is 37.5. The highest BCUT2D eigenvalue weighted by molar-refractivity contribution is 7.81. The zero-order valence-electron chi connectivity index (χ0n) is 27.0. The standard InChI is InChI=1S/C30H46O16S2/c1-14(2)9-22(32)44-25-24(46-48(39,40)41)23(45-47(36,37)38)20(13-31)43-28(25)42-17-10-18(27(34)35)19-7-8-30-11-16(15(3)26(30)33)5-6-21(30)29(19,4)12-17/h14,16-21,23-26,28,31,33H,3,5-13H2,1-2,4H3,(H,34,35)(H,36,37,38)(H,39,40,41)/t16-,17-,18-,19-,20-,21-,23-,24+,25-,26+,28-,29+,30+/m0/s1. The monoisotopic (exact) mass is 726 g/mol. The minimum absolute atomic E-state index is 0.0156. The average Bonchev–Trinajstić information content (AvgIpc) is 3.12. The van der Waals surface area contributed by atoms with Crippen molar-refractivity contribution in [2.24, 2.45) is 40.4 Å². The van der Waals surface area contributed by atoms with Gasteiger partial charge in [0.25, 0.3) is 0 Å². The van der Waals surface area contributed by atoms with Crippen molar-refractivity contribution in [2.75, 3.05) is 6.61 Å². The Hall–Kier alpha value is -1.74. The van der Waals surface area contributed by atoms with Crippen molar-refractivity contribution >= 4 is 32.7 Å². The topological polar surface area (TPSA) is 250 Å². The van der Waals surface area contributed by atoms with E-state index in [0.717, 1.165) is 24.8 Å². The second-order valence-corrected chi connectivity index (χ2v) is 16.9. The van der Waals surface area contributed by atoms with Crippen molar-refractivity contribution in [3.05, 3.63) is 12.2 Å². The number of carboxylic acids is 1. The molecule has 0 aromatic heterocycles. The van der Waals surface area contributed by atoms with Crippen LogP contribution in [0.25, 0.3) is 0 Å². The minimum atomic E-state index is -5.42. The van der Waals surface area contributed by atoms with Gasteiger partial charge in [0.15, 0.2) is 18.5 Å². The largest absolute Gasteiger partial charge is 0.481 e. The van der Waals surface area contributed by atoms with E-state index in [1.807, 2.05) is 6.92 Å². The van der Waals surface area contributed by atoms with Gasteiger partial charge in [-0.25, -0.2) is 8.37 Å². The van der Waals surface area contributed by atoms with Gasteiger partial charge in [-0.05, 0) is 79.6 Å². The van der Waals surface area contributed by atoms with E-state index < -0.39 is 99.0 Å². The zero-order chi connectivity index (χ0) is 35.6. The molecule has 16 nitrogen and oxygen atoms in total. The first-order valence-corrected chi connectivity index (χ1v) is 18.9. The first-order chi connectivity index (χ1) is 22.2. The molecule has 0 aromatic carbocycles. The van der Waals surface area contributed by atoms with E-state index in [1.165, 1.54) is 0 Å². The highest BCUT2D eigenvalue weighted by Crippen LogP contribution is 2.70.